The van der Waals surface area contributed by atoms with Crippen LogP contribution in [0.2, 0.25) is 0 Å². The molecule has 2 bridgehead atoms. The van der Waals surface area contributed by atoms with Crippen molar-refractivity contribution in [3.63, 3.8) is 0 Å². The molecule has 2 nitrogen and oxygen atoms in total. The zero-order valence-corrected chi connectivity index (χ0v) is 12.9. The maximum Gasteiger partial charge on any atom is 0.224 e. The maximum absolute atomic E-state index is 12.2. The molecule has 19 heavy (non-hydrogen) atoms. The van der Waals surface area contributed by atoms with Crippen LogP contribution in [-0.2, 0) is 4.79 Å². The van der Waals surface area contributed by atoms with Gasteiger partial charge in [0.25, 0.3) is 0 Å². The Morgan fingerprint density at radius 1 is 1.37 bits per heavy atom. The minimum atomic E-state index is 0.183. The highest BCUT2D eigenvalue weighted by Crippen LogP contribution is 2.49. The van der Waals surface area contributed by atoms with E-state index < -0.39 is 0 Å². The first-order valence-corrected chi connectivity index (χ1v) is 7.97. The first-order chi connectivity index (χ1) is 9.11. The van der Waals surface area contributed by atoms with Gasteiger partial charge < -0.3 is 5.32 Å². The number of hydrogen-bond acceptors (Lipinski definition) is 1. The van der Waals surface area contributed by atoms with E-state index in [1.165, 1.54) is 25.7 Å². The Labute approximate surface area is 123 Å². The predicted octanol–water partition coefficient (Wildman–Crippen LogP) is 4.52. The van der Waals surface area contributed by atoms with E-state index in [-0.39, 0.29) is 5.91 Å². The Hall–Kier alpha value is -0.830. The lowest BCUT2D eigenvalue weighted by atomic mass is 9.86. The molecule has 2 aliphatic rings. The van der Waals surface area contributed by atoms with E-state index in [1.807, 2.05) is 25.1 Å². The molecule has 1 aromatic carbocycles. The predicted molar refractivity (Wildman–Crippen MR) is 81.1 cm³/mol. The van der Waals surface area contributed by atoms with Gasteiger partial charge in [0.15, 0.2) is 0 Å². The van der Waals surface area contributed by atoms with Gasteiger partial charge >= 0.3 is 0 Å². The van der Waals surface area contributed by atoms with Crippen molar-refractivity contribution in [2.75, 3.05) is 5.32 Å². The number of fused-ring (bicyclic) bond motifs is 2. The van der Waals surface area contributed by atoms with Gasteiger partial charge in [-0.3, -0.25) is 4.79 Å². The molecule has 3 atom stereocenters. The molecule has 0 saturated heterocycles. The molecule has 3 rings (SSSR count). The summed E-state index contributed by atoms with van der Waals surface area (Å²) >= 11 is 3.44. The molecule has 0 spiro atoms. The quantitative estimate of drug-likeness (QED) is 0.871. The summed E-state index contributed by atoms with van der Waals surface area (Å²) in [6.45, 7) is 2.03. The van der Waals surface area contributed by atoms with E-state index in [0.717, 1.165) is 27.6 Å². The van der Waals surface area contributed by atoms with Gasteiger partial charge in [-0.1, -0.05) is 22.4 Å². The van der Waals surface area contributed by atoms with Crippen LogP contribution in [0.5, 0.6) is 0 Å². The molecule has 1 aromatic rings. The lowest BCUT2D eigenvalue weighted by Gasteiger charge is -2.21. The van der Waals surface area contributed by atoms with E-state index in [0.29, 0.717) is 12.3 Å². The summed E-state index contributed by atoms with van der Waals surface area (Å²) in [5.74, 6) is 2.55. The van der Waals surface area contributed by atoms with Gasteiger partial charge in [0.05, 0.1) is 0 Å². The number of aryl methyl sites for hydroxylation is 1. The summed E-state index contributed by atoms with van der Waals surface area (Å²) in [6, 6.07) is 5.98. The molecule has 0 aromatic heterocycles. The molecule has 2 fully saturated rings. The van der Waals surface area contributed by atoms with Gasteiger partial charge in [-0.05, 0) is 67.7 Å². The number of carbonyl (C=O) groups is 1. The van der Waals surface area contributed by atoms with Gasteiger partial charge in [0.2, 0.25) is 5.91 Å². The summed E-state index contributed by atoms with van der Waals surface area (Å²) in [5, 5.41) is 3.06. The highest BCUT2D eigenvalue weighted by atomic mass is 79.9. The van der Waals surface area contributed by atoms with Crippen LogP contribution in [0.4, 0.5) is 5.69 Å². The summed E-state index contributed by atoms with van der Waals surface area (Å²) in [6.07, 6.45) is 6.10. The van der Waals surface area contributed by atoms with E-state index in [4.69, 9.17) is 0 Å². The summed E-state index contributed by atoms with van der Waals surface area (Å²) in [7, 11) is 0. The van der Waals surface area contributed by atoms with Crippen molar-refractivity contribution >= 4 is 27.5 Å². The Balaban J connectivity index is 1.59. The highest BCUT2D eigenvalue weighted by Gasteiger charge is 2.40. The normalized spacial score (nSPS) is 28.6. The van der Waals surface area contributed by atoms with Gasteiger partial charge in [-0.25, -0.2) is 0 Å². The van der Waals surface area contributed by atoms with Crippen LogP contribution in [0.3, 0.4) is 0 Å². The van der Waals surface area contributed by atoms with Gasteiger partial charge in [-0.15, -0.1) is 0 Å². The van der Waals surface area contributed by atoms with Crippen molar-refractivity contribution < 1.29 is 4.79 Å². The average Bonchev–Trinajstić information content (AvgIpc) is 2.95. The summed E-state index contributed by atoms with van der Waals surface area (Å²) < 4.78 is 1.05. The fraction of sp³-hybridized carbons (Fsp3) is 0.562. The van der Waals surface area contributed by atoms with Crippen molar-refractivity contribution in [3.8, 4) is 0 Å². The fourth-order valence-corrected chi connectivity index (χ4v) is 4.31. The second-order valence-electron chi connectivity index (χ2n) is 6.15. The highest BCUT2D eigenvalue weighted by molar-refractivity contribution is 9.10. The van der Waals surface area contributed by atoms with E-state index in [1.54, 1.807) is 0 Å². The van der Waals surface area contributed by atoms with Crippen molar-refractivity contribution in [1.29, 1.82) is 0 Å². The molecule has 1 N–H and O–H groups in total. The number of nitrogens with one attached hydrogen (secondary N) is 1. The SMILES string of the molecule is Cc1cc(Br)ccc1NC(=O)C[C@H]1C[C@@H]2CC[C@@H]1C2. The molecule has 3 heteroatoms. The maximum atomic E-state index is 12.2. The van der Waals surface area contributed by atoms with Crippen LogP contribution in [0.25, 0.3) is 0 Å². The third kappa shape index (κ3) is 2.86. The molecular weight excluding hydrogens is 302 g/mol. The number of carbonyl (C=O) groups excluding carboxylic acids is 1. The molecule has 0 heterocycles. The fourth-order valence-electron chi connectivity index (χ4n) is 3.83. The third-order valence-electron chi connectivity index (χ3n) is 4.79. The Morgan fingerprint density at radius 2 is 2.21 bits per heavy atom. The van der Waals surface area contributed by atoms with Gasteiger partial charge in [0, 0.05) is 16.6 Å². The van der Waals surface area contributed by atoms with Crippen molar-refractivity contribution in [2.24, 2.45) is 17.8 Å². The van der Waals surface area contributed by atoms with Gasteiger partial charge in [0.1, 0.15) is 0 Å². The van der Waals surface area contributed by atoms with Crippen LogP contribution >= 0.6 is 15.9 Å². The lowest BCUT2D eigenvalue weighted by Crippen LogP contribution is -2.20. The van der Waals surface area contributed by atoms with Crippen LogP contribution in [0, 0.1) is 24.7 Å². The largest absolute Gasteiger partial charge is 0.326 e. The van der Waals surface area contributed by atoms with E-state index in [9.17, 15) is 4.79 Å². The minimum Gasteiger partial charge on any atom is -0.326 e. The second kappa shape index (κ2) is 5.28. The molecular formula is C16H20BrNO. The van der Waals surface area contributed by atoms with E-state index in [2.05, 4.69) is 21.2 Å². The summed E-state index contributed by atoms with van der Waals surface area (Å²) in [5.41, 5.74) is 2.05. The van der Waals surface area contributed by atoms with Crippen LogP contribution in [-0.4, -0.2) is 5.91 Å². The average molecular weight is 322 g/mol. The molecule has 1 amide bonds. The van der Waals surface area contributed by atoms with Crippen molar-refractivity contribution in [3.05, 3.63) is 28.2 Å². The monoisotopic (exact) mass is 321 g/mol. The zero-order valence-electron chi connectivity index (χ0n) is 11.3. The van der Waals surface area contributed by atoms with E-state index >= 15 is 0 Å². The van der Waals surface area contributed by atoms with Crippen molar-refractivity contribution in [2.45, 2.75) is 39.0 Å². The molecule has 0 radical (unpaired) electrons. The lowest BCUT2D eigenvalue weighted by molar-refractivity contribution is -0.117. The standard InChI is InChI=1S/C16H20BrNO/c1-10-6-14(17)4-5-15(10)18-16(19)9-13-8-11-2-3-12(13)7-11/h4-6,11-13H,2-3,7-9H2,1H3,(H,18,19)/t11-,12-,13-/m1/s1. The number of anilines is 1. The van der Waals surface area contributed by atoms with Crippen LogP contribution < -0.4 is 5.32 Å². The second-order valence-corrected chi connectivity index (χ2v) is 7.06. The number of amides is 1. The first-order valence-electron chi connectivity index (χ1n) is 7.18. The molecule has 2 saturated carbocycles. The first kappa shape index (κ1) is 13.2. The Kier molecular flexibility index (Phi) is 3.66. The molecule has 0 aliphatic heterocycles. The topological polar surface area (TPSA) is 29.1 Å². The minimum absolute atomic E-state index is 0.183. The zero-order chi connectivity index (χ0) is 13.4. The van der Waals surface area contributed by atoms with Gasteiger partial charge in [-0.2, -0.15) is 0 Å². The third-order valence-corrected chi connectivity index (χ3v) is 5.29. The molecule has 2 aliphatic carbocycles. The number of benzene rings is 1. The molecule has 102 valence electrons. The number of hydrogen-bond donors (Lipinski definition) is 1. The smallest absolute Gasteiger partial charge is 0.224 e. The number of rotatable bonds is 3. The molecule has 0 unspecified atom stereocenters. The summed E-state index contributed by atoms with van der Waals surface area (Å²) in [4.78, 5) is 12.2. The van der Waals surface area contributed by atoms with Crippen LogP contribution in [0.15, 0.2) is 22.7 Å². The Morgan fingerprint density at radius 3 is 2.84 bits per heavy atom. The Bertz CT molecular complexity index is 500. The number of halogens is 1. The van der Waals surface area contributed by atoms with Crippen LogP contribution in [0.1, 0.15) is 37.7 Å². The van der Waals surface area contributed by atoms with Crippen molar-refractivity contribution in [1.82, 2.24) is 0 Å².